The van der Waals surface area contributed by atoms with Crippen LogP contribution in [0.2, 0.25) is 0 Å². The van der Waals surface area contributed by atoms with Crippen LogP contribution in [0.1, 0.15) is 53.0 Å². The van der Waals surface area contributed by atoms with Gasteiger partial charge in [0, 0.05) is 6.54 Å². The molecule has 0 saturated carbocycles. The topological polar surface area (TPSA) is 122 Å². The summed E-state index contributed by atoms with van der Waals surface area (Å²) in [5, 5.41) is 0. The Morgan fingerprint density at radius 2 is 1.38 bits per heavy atom. The molecule has 0 amide bonds. The van der Waals surface area contributed by atoms with Crippen molar-refractivity contribution in [1.82, 2.24) is 0 Å². The molecular weight excluding hydrogens is 398 g/mol. The molecule has 29 heavy (non-hydrogen) atoms. The molecule has 2 atom stereocenters. The SMILES string of the molecule is CC(C)(C)OC(=O)C(CN)C(C(=O)OC(C)(C)C)c1ccc(OS(C)(=O)=O)cc1. The van der Waals surface area contributed by atoms with Crippen molar-refractivity contribution in [2.24, 2.45) is 11.7 Å². The van der Waals surface area contributed by atoms with Crippen LogP contribution in [0.5, 0.6) is 5.75 Å². The second-order valence-corrected chi connectivity index (χ2v) is 10.3. The van der Waals surface area contributed by atoms with E-state index in [0.29, 0.717) is 5.56 Å². The summed E-state index contributed by atoms with van der Waals surface area (Å²) in [5.41, 5.74) is 4.73. The number of esters is 2. The Kier molecular flexibility index (Phi) is 7.84. The van der Waals surface area contributed by atoms with Crippen molar-refractivity contribution >= 4 is 22.1 Å². The summed E-state index contributed by atoms with van der Waals surface area (Å²) in [7, 11) is -3.69. The first kappa shape index (κ1) is 24.9. The van der Waals surface area contributed by atoms with Crippen LogP contribution in [0.25, 0.3) is 0 Å². The van der Waals surface area contributed by atoms with E-state index in [-0.39, 0.29) is 12.3 Å². The summed E-state index contributed by atoms with van der Waals surface area (Å²) in [6.07, 6.45) is 0.928. The van der Waals surface area contributed by atoms with Gasteiger partial charge in [0.2, 0.25) is 0 Å². The van der Waals surface area contributed by atoms with Gasteiger partial charge in [-0.2, -0.15) is 8.42 Å². The average molecular weight is 430 g/mol. The number of benzene rings is 1. The van der Waals surface area contributed by atoms with Gasteiger partial charge in [-0.15, -0.1) is 0 Å². The molecule has 1 rings (SSSR count). The maximum Gasteiger partial charge on any atom is 0.314 e. The lowest BCUT2D eigenvalue weighted by atomic mass is 9.85. The summed E-state index contributed by atoms with van der Waals surface area (Å²) in [6.45, 7) is 10.2. The fraction of sp³-hybridized carbons (Fsp3) is 0.600. The van der Waals surface area contributed by atoms with Gasteiger partial charge in [-0.25, -0.2) is 0 Å². The van der Waals surface area contributed by atoms with Crippen LogP contribution in [0.15, 0.2) is 24.3 Å². The maximum atomic E-state index is 12.9. The van der Waals surface area contributed by atoms with Gasteiger partial charge in [0.05, 0.1) is 18.1 Å². The van der Waals surface area contributed by atoms with Gasteiger partial charge in [-0.3, -0.25) is 9.59 Å². The van der Waals surface area contributed by atoms with Crippen LogP contribution < -0.4 is 9.92 Å². The third kappa shape index (κ3) is 8.82. The molecule has 0 fully saturated rings. The van der Waals surface area contributed by atoms with E-state index in [0.717, 1.165) is 6.26 Å². The van der Waals surface area contributed by atoms with Gasteiger partial charge >= 0.3 is 22.1 Å². The van der Waals surface area contributed by atoms with E-state index in [1.807, 2.05) is 0 Å². The highest BCUT2D eigenvalue weighted by molar-refractivity contribution is 7.86. The van der Waals surface area contributed by atoms with Crippen LogP contribution in [-0.2, 0) is 29.2 Å². The molecule has 0 radical (unpaired) electrons. The lowest BCUT2D eigenvalue weighted by Gasteiger charge is -2.30. The van der Waals surface area contributed by atoms with E-state index in [1.54, 1.807) is 41.5 Å². The zero-order valence-electron chi connectivity index (χ0n) is 18.0. The second kappa shape index (κ2) is 9.13. The maximum absolute atomic E-state index is 12.9. The Hall–Kier alpha value is -2.13. The lowest BCUT2D eigenvalue weighted by molar-refractivity contribution is -0.169. The molecule has 9 heteroatoms. The predicted molar refractivity (Wildman–Crippen MR) is 109 cm³/mol. The smallest absolute Gasteiger partial charge is 0.314 e. The Bertz CT molecular complexity index is 818. The Morgan fingerprint density at radius 1 is 0.931 bits per heavy atom. The molecule has 8 nitrogen and oxygen atoms in total. The first-order valence-corrected chi connectivity index (χ1v) is 11.0. The van der Waals surface area contributed by atoms with Crippen molar-refractivity contribution in [3.8, 4) is 5.75 Å². The highest BCUT2D eigenvalue weighted by Crippen LogP contribution is 2.31. The summed E-state index contributed by atoms with van der Waals surface area (Å²) >= 11 is 0. The first-order valence-electron chi connectivity index (χ1n) is 9.17. The summed E-state index contributed by atoms with van der Waals surface area (Å²) in [6, 6.07) is 5.80. The minimum atomic E-state index is -3.69. The molecule has 0 aliphatic carbocycles. The summed E-state index contributed by atoms with van der Waals surface area (Å²) < 4.78 is 38.3. The Balaban J connectivity index is 3.33. The Labute approximate surface area is 172 Å². The summed E-state index contributed by atoms with van der Waals surface area (Å²) in [4.78, 5) is 25.6. The molecule has 2 N–H and O–H groups in total. The number of carbonyl (C=O) groups is 2. The molecule has 0 aliphatic heterocycles. The molecular formula is C20H31NO7S. The fourth-order valence-corrected chi connectivity index (χ4v) is 3.01. The van der Waals surface area contributed by atoms with Crippen molar-refractivity contribution in [3.63, 3.8) is 0 Å². The quantitative estimate of drug-likeness (QED) is 0.518. The highest BCUT2D eigenvalue weighted by atomic mass is 32.2. The van der Waals surface area contributed by atoms with Gasteiger partial charge in [-0.1, -0.05) is 12.1 Å². The molecule has 1 aromatic rings. The van der Waals surface area contributed by atoms with Gasteiger partial charge in [-0.05, 0) is 59.2 Å². The molecule has 2 unspecified atom stereocenters. The number of nitrogens with two attached hydrogens (primary N) is 1. The van der Waals surface area contributed by atoms with E-state index < -0.39 is 45.1 Å². The third-order valence-electron chi connectivity index (χ3n) is 3.51. The van der Waals surface area contributed by atoms with Gasteiger partial charge in [0.25, 0.3) is 0 Å². The second-order valence-electron chi connectivity index (χ2n) is 8.74. The number of hydrogen-bond donors (Lipinski definition) is 1. The van der Waals surface area contributed by atoms with Crippen molar-refractivity contribution < 1.29 is 31.7 Å². The highest BCUT2D eigenvalue weighted by Gasteiger charge is 2.39. The molecule has 0 bridgehead atoms. The molecule has 0 heterocycles. The van der Waals surface area contributed by atoms with Gasteiger partial charge in [0.1, 0.15) is 17.0 Å². The number of ether oxygens (including phenoxy) is 2. The van der Waals surface area contributed by atoms with Crippen LogP contribution in [-0.4, -0.2) is 44.4 Å². The van der Waals surface area contributed by atoms with E-state index in [4.69, 9.17) is 19.4 Å². The average Bonchev–Trinajstić information content (AvgIpc) is 2.48. The van der Waals surface area contributed by atoms with Crippen molar-refractivity contribution in [2.75, 3.05) is 12.8 Å². The van der Waals surface area contributed by atoms with E-state index >= 15 is 0 Å². The minimum Gasteiger partial charge on any atom is -0.460 e. The lowest BCUT2D eigenvalue weighted by Crippen LogP contribution is -2.40. The van der Waals surface area contributed by atoms with Crippen LogP contribution >= 0.6 is 0 Å². The molecule has 0 aliphatic rings. The standard InChI is InChI=1S/C20H31NO7S/c1-19(2,3)26-17(22)15(12-21)16(18(23)27-20(4,5)6)13-8-10-14(11-9-13)28-29(7,24)25/h8-11,15-16H,12,21H2,1-7H3. The van der Waals surface area contributed by atoms with Crippen LogP contribution in [0.3, 0.4) is 0 Å². The molecule has 164 valence electrons. The first-order chi connectivity index (χ1) is 13.0. The molecule has 0 saturated heterocycles. The van der Waals surface area contributed by atoms with Crippen molar-refractivity contribution in [1.29, 1.82) is 0 Å². The van der Waals surface area contributed by atoms with E-state index in [1.165, 1.54) is 24.3 Å². The van der Waals surface area contributed by atoms with Crippen molar-refractivity contribution in [3.05, 3.63) is 29.8 Å². The van der Waals surface area contributed by atoms with Crippen LogP contribution in [0, 0.1) is 5.92 Å². The van der Waals surface area contributed by atoms with E-state index in [9.17, 15) is 18.0 Å². The minimum absolute atomic E-state index is 0.0840. The molecule has 1 aromatic carbocycles. The monoisotopic (exact) mass is 429 g/mol. The zero-order valence-corrected chi connectivity index (χ0v) is 18.8. The van der Waals surface area contributed by atoms with E-state index in [2.05, 4.69) is 0 Å². The normalized spacial score (nSPS) is 14.6. The number of hydrogen-bond acceptors (Lipinski definition) is 8. The van der Waals surface area contributed by atoms with Gasteiger partial charge in [0.15, 0.2) is 0 Å². The van der Waals surface area contributed by atoms with Crippen molar-refractivity contribution in [2.45, 2.75) is 58.7 Å². The summed E-state index contributed by atoms with van der Waals surface area (Å²) in [5.74, 6) is -3.17. The molecule has 0 spiro atoms. The number of carbonyl (C=O) groups excluding carboxylic acids is 2. The Morgan fingerprint density at radius 3 is 1.76 bits per heavy atom. The fourth-order valence-electron chi connectivity index (χ4n) is 2.55. The predicted octanol–water partition coefficient (Wildman–Crippen LogP) is 2.37. The third-order valence-corrected chi connectivity index (χ3v) is 4.01. The number of rotatable bonds is 7. The van der Waals surface area contributed by atoms with Gasteiger partial charge < -0.3 is 19.4 Å². The van der Waals surface area contributed by atoms with Crippen LogP contribution in [0.4, 0.5) is 0 Å². The molecule has 0 aromatic heterocycles. The zero-order chi connectivity index (χ0) is 22.6. The largest absolute Gasteiger partial charge is 0.460 e.